The second kappa shape index (κ2) is 7.23. The molecular weight excluding hydrogens is 306 g/mol. The SMILES string of the molecule is CCCOCCNc1c2ccccc2nc2cccc([N+](=O)[O-])c12. The van der Waals surface area contributed by atoms with E-state index in [0.717, 1.165) is 23.0 Å². The van der Waals surface area contributed by atoms with Gasteiger partial charge in [-0.05, 0) is 18.6 Å². The first-order valence-electron chi connectivity index (χ1n) is 8.00. The van der Waals surface area contributed by atoms with Crippen LogP contribution in [0.15, 0.2) is 42.5 Å². The van der Waals surface area contributed by atoms with Crippen molar-refractivity contribution in [2.24, 2.45) is 0 Å². The van der Waals surface area contributed by atoms with E-state index in [2.05, 4.69) is 17.2 Å². The van der Waals surface area contributed by atoms with Crippen LogP contribution in [0.1, 0.15) is 13.3 Å². The lowest BCUT2D eigenvalue weighted by Crippen LogP contribution is -2.11. The van der Waals surface area contributed by atoms with Gasteiger partial charge in [-0.2, -0.15) is 0 Å². The number of anilines is 1. The van der Waals surface area contributed by atoms with Gasteiger partial charge in [0.2, 0.25) is 0 Å². The summed E-state index contributed by atoms with van der Waals surface area (Å²) in [5.74, 6) is 0. The maximum atomic E-state index is 11.4. The summed E-state index contributed by atoms with van der Waals surface area (Å²) in [5, 5.41) is 16.2. The number of aromatic nitrogens is 1. The second-order valence-corrected chi connectivity index (χ2v) is 5.47. The standard InChI is InChI=1S/C18H19N3O3/c1-2-11-24-12-10-19-18-13-6-3-4-7-14(13)20-15-8-5-9-16(17(15)18)21(22)23/h3-9H,2,10-12H2,1H3,(H,19,20). The fourth-order valence-electron chi connectivity index (χ4n) is 2.75. The van der Waals surface area contributed by atoms with Crippen molar-refractivity contribution in [1.82, 2.24) is 4.98 Å². The van der Waals surface area contributed by atoms with Gasteiger partial charge in [-0.15, -0.1) is 0 Å². The number of rotatable bonds is 7. The Morgan fingerprint density at radius 3 is 2.71 bits per heavy atom. The highest BCUT2D eigenvalue weighted by molar-refractivity contribution is 6.11. The number of nitro groups is 1. The van der Waals surface area contributed by atoms with Gasteiger partial charge in [0, 0.05) is 24.6 Å². The van der Waals surface area contributed by atoms with Gasteiger partial charge in [-0.1, -0.05) is 31.2 Å². The molecule has 124 valence electrons. The lowest BCUT2D eigenvalue weighted by Gasteiger charge is -2.13. The molecule has 6 heteroatoms. The minimum absolute atomic E-state index is 0.0581. The Morgan fingerprint density at radius 2 is 1.92 bits per heavy atom. The van der Waals surface area contributed by atoms with Gasteiger partial charge in [0.05, 0.1) is 28.3 Å². The molecule has 0 aliphatic heterocycles. The largest absolute Gasteiger partial charge is 0.381 e. The molecule has 0 unspecified atom stereocenters. The molecule has 0 saturated heterocycles. The van der Waals surface area contributed by atoms with Gasteiger partial charge in [0.25, 0.3) is 5.69 Å². The monoisotopic (exact) mass is 325 g/mol. The van der Waals surface area contributed by atoms with Gasteiger partial charge in [0.15, 0.2) is 0 Å². The van der Waals surface area contributed by atoms with Crippen molar-refractivity contribution < 1.29 is 9.66 Å². The Bertz CT molecular complexity index is 880. The van der Waals surface area contributed by atoms with E-state index in [-0.39, 0.29) is 10.6 Å². The summed E-state index contributed by atoms with van der Waals surface area (Å²) in [6.45, 7) is 3.89. The van der Waals surface area contributed by atoms with E-state index in [1.807, 2.05) is 24.3 Å². The Labute approximate surface area is 139 Å². The molecule has 2 aromatic carbocycles. The number of non-ortho nitro benzene ring substituents is 1. The first kappa shape index (κ1) is 16.1. The number of pyridine rings is 1. The highest BCUT2D eigenvalue weighted by Crippen LogP contribution is 2.36. The predicted octanol–water partition coefficient (Wildman–Crippen LogP) is 4.13. The molecular formula is C18H19N3O3. The molecule has 0 aliphatic rings. The van der Waals surface area contributed by atoms with Crippen LogP contribution in [0.2, 0.25) is 0 Å². The van der Waals surface area contributed by atoms with Crippen molar-refractivity contribution in [1.29, 1.82) is 0 Å². The second-order valence-electron chi connectivity index (χ2n) is 5.47. The van der Waals surface area contributed by atoms with E-state index in [4.69, 9.17) is 4.74 Å². The van der Waals surface area contributed by atoms with Crippen LogP contribution in [-0.2, 0) is 4.74 Å². The molecule has 1 N–H and O–H groups in total. The molecule has 3 rings (SSSR count). The summed E-state index contributed by atoms with van der Waals surface area (Å²) >= 11 is 0. The van der Waals surface area contributed by atoms with E-state index in [0.29, 0.717) is 30.7 Å². The lowest BCUT2D eigenvalue weighted by atomic mass is 10.1. The zero-order chi connectivity index (χ0) is 16.9. The third kappa shape index (κ3) is 3.14. The fraction of sp³-hybridized carbons (Fsp3) is 0.278. The number of para-hydroxylation sites is 1. The smallest absolute Gasteiger partial charge is 0.280 e. The number of hydrogen-bond acceptors (Lipinski definition) is 5. The van der Waals surface area contributed by atoms with Crippen LogP contribution >= 0.6 is 0 Å². The van der Waals surface area contributed by atoms with Crippen molar-refractivity contribution in [3.8, 4) is 0 Å². The van der Waals surface area contributed by atoms with E-state index in [1.165, 1.54) is 6.07 Å². The van der Waals surface area contributed by atoms with Crippen molar-refractivity contribution in [2.75, 3.05) is 25.1 Å². The van der Waals surface area contributed by atoms with Gasteiger partial charge in [0.1, 0.15) is 5.39 Å². The number of hydrogen-bond donors (Lipinski definition) is 1. The minimum Gasteiger partial charge on any atom is -0.381 e. The molecule has 1 heterocycles. The molecule has 1 aromatic heterocycles. The molecule has 0 bridgehead atoms. The van der Waals surface area contributed by atoms with E-state index in [1.54, 1.807) is 12.1 Å². The highest BCUT2D eigenvalue weighted by atomic mass is 16.6. The molecule has 0 spiro atoms. The Kier molecular flexibility index (Phi) is 4.86. The molecule has 0 amide bonds. The third-order valence-electron chi connectivity index (χ3n) is 3.78. The average molecular weight is 325 g/mol. The van der Waals surface area contributed by atoms with E-state index in [9.17, 15) is 10.1 Å². The molecule has 0 radical (unpaired) electrons. The zero-order valence-corrected chi connectivity index (χ0v) is 13.5. The van der Waals surface area contributed by atoms with Gasteiger partial charge in [-0.3, -0.25) is 10.1 Å². The molecule has 0 fully saturated rings. The van der Waals surface area contributed by atoms with Crippen LogP contribution in [0.3, 0.4) is 0 Å². The van der Waals surface area contributed by atoms with Crippen molar-refractivity contribution in [3.05, 3.63) is 52.6 Å². The summed E-state index contributed by atoms with van der Waals surface area (Å²) in [7, 11) is 0. The summed E-state index contributed by atoms with van der Waals surface area (Å²) in [6.07, 6.45) is 0.965. The minimum atomic E-state index is -0.364. The quantitative estimate of drug-likeness (QED) is 0.306. The van der Waals surface area contributed by atoms with Crippen LogP contribution in [-0.4, -0.2) is 29.7 Å². The van der Waals surface area contributed by atoms with Crippen molar-refractivity contribution in [3.63, 3.8) is 0 Å². The van der Waals surface area contributed by atoms with Crippen molar-refractivity contribution >= 4 is 33.2 Å². The lowest BCUT2D eigenvalue weighted by molar-refractivity contribution is -0.383. The van der Waals surface area contributed by atoms with Crippen LogP contribution in [0.5, 0.6) is 0 Å². The number of nitrogens with zero attached hydrogens (tertiary/aromatic N) is 2. The zero-order valence-electron chi connectivity index (χ0n) is 13.5. The Morgan fingerprint density at radius 1 is 1.12 bits per heavy atom. The molecule has 24 heavy (non-hydrogen) atoms. The van der Waals surface area contributed by atoms with Crippen LogP contribution < -0.4 is 5.32 Å². The number of ether oxygens (including phenoxy) is 1. The number of fused-ring (bicyclic) bond motifs is 2. The third-order valence-corrected chi connectivity index (χ3v) is 3.78. The Hall–Kier alpha value is -2.73. The molecule has 0 aliphatic carbocycles. The molecule has 6 nitrogen and oxygen atoms in total. The first-order valence-corrected chi connectivity index (χ1v) is 8.00. The topological polar surface area (TPSA) is 77.3 Å². The van der Waals surface area contributed by atoms with Crippen LogP contribution in [0.25, 0.3) is 21.8 Å². The molecule has 0 atom stereocenters. The number of nitro benzene ring substituents is 1. The van der Waals surface area contributed by atoms with Gasteiger partial charge < -0.3 is 10.1 Å². The molecule has 0 saturated carbocycles. The van der Waals surface area contributed by atoms with Gasteiger partial charge in [-0.25, -0.2) is 4.98 Å². The highest BCUT2D eigenvalue weighted by Gasteiger charge is 2.18. The summed E-state index contributed by atoms with van der Waals surface area (Å²) < 4.78 is 5.49. The molecule has 3 aromatic rings. The fourth-order valence-corrected chi connectivity index (χ4v) is 2.75. The Balaban J connectivity index is 2.11. The first-order chi connectivity index (χ1) is 11.7. The van der Waals surface area contributed by atoms with Crippen LogP contribution in [0, 0.1) is 10.1 Å². The van der Waals surface area contributed by atoms with E-state index < -0.39 is 0 Å². The summed E-state index contributed by atoms with van der Waals surface area (Å²) in [4.78, 5) is 15.6. The van der Waals surface area contributed by atoms with Crippen LogP contribution in [0.4, 0.5) is 11.4 Å². The average Bonchev–Trinajstić information content (AvgIpc) is 2.60. The van der Waals surface area contributed by atoms with E-state index >= 15 is 0 Å². The van der Waals surface area contributed by atoms with Gasteiger partial charge >= 0.3 is 0 Å². The number of benzene rings is 2. The van der Waals surface area contributed by atoms with Crippen molar-refractivity contribution in [2.45, 2.75) is 13.3 Å². The maximum Gasteiger partial charge on any atom is 0.280 e. The number of nitrogens with one attached hydrogen (secondary N) is 1. The summed E-state index contributed by atoms with van der Waals surface area (Å²) in [5.41, 5.74) is 2.22. The maximum absolute atomic E-state index is 11.4. The predicted molar refractivity (Wildman–Crippen MR) is 95.5 cm³/mol. The summed E-state index contributed by atoms with van der Waals surface area (Å²) in [6, 6.07) is 12.6. The normalized spacial score (nSPS) is 11.0.